The maximum absolute atomic E-state index is 3.74. The quantitative estimate of drug-likeness (QED) is 0.793. The van der Waals surface area contributed by atoms with Crippen molar-refractivity contribution in [1.29, 1.82) is 0 Å². The predicted octanol–water partition coefficient (Wildman–Crippen LogP) is 3.04. The molecule has 0 amide bonds. The summed E-state index contributed by atoms with van der Waals surface area (Å²) >= 11 is 3.74. The molecule has 2 aliphatic rings. The molecule has 1 aliphatic heterocycles. The van der Waals surface area contributed by atoms with Crippen LogP contribution in [-0.2, 0) is 13.1 Å². The van der Waals surface area contributed by atoms with Crippen molar-refractivity contribution in [2.45, 2.75) is 44.7 Å². The summed E-state index contributed by atoms with van der Waals surface area (Å²) < 4.78 is 1.35. The second-order valence-electron chi connectivity index (χ2n) is 4.39. The Morgan fingerprint density at radius 3 is 2.64 bits per heavy atom. The highest BCUT2D eigenvalue weighted by atomic mass is 79.9. The largest absolute Gasteiger partial charge is 0.360 e. The van der Waals surface area contributed by atoms with Crippen LogP contribution in [0.25, 0.3) is 0 Å². The van der Waals surface area contributed by atoms with E-state index in [9.17, 15) is 0 Å². The van der Waals surface area contributed by atoms with Crippen molar-refractivity contribution in [3.05, 3.63) is 21.4 Å². The highest BCUT2D eigenvalue weighted by Crippen LogP contribution is 2.40. The van der Waals surface area contributed by atoms with E-state index in [2.05, 4.69) is 26.2 Å². The Bertz CT molecular complexity index is 350. The minimum Gasteiger partial charge on any atom is -0.360 e. The summed E-state index contributed by atoms with van der Waals surface area (Å²) in [7, 11) is 0. The molecule has 1 aliphatic carbocycles. The molecular weight excluding hydrogens is 240 g/mol. The molecule has 0 spiro atoms. The first-order chi connectivity index (χ1) is 6.86. The van der Waals surface area contributed by atoms with Crippen molar-refractivity contribution in [1.82, 2.24) is 10.3 Å². The van der Waals surface area contributed by atoms with Crippen molar-refractivity contribution in [3.8, 4) is 0 Å². The first-order valence-corrected chi connectivity index (χ1v) is 6.25. The molecule has 0 unspecified atom stereocenters. The van der Waals surface area contributed by atoms with E-state index in [1.807, 2.05) is 0 Å². The summed E-state index contributed by atoms with van der Waals surface area (Å²) in [6.45, 7) is 2.04. The average Bonchev–Trinajstić information content (AvgIpc) is 2.84. The van der Waals surface area contributed by atoms with E-state index in [-0.39, 0.29) is 0 Å². The molecule has 0 saturated heterocycles. The van der Waals surface area contributed by atoms with Gasteiger partial charge in [0.25, 0.3) is 0 Å². The number of nitrogens with one attached hydrogen (secondary N) is 2. The Hall–Kier alpha value is -0.280. The lowest BCUT2D eigenvalue weighted by Gasteiger charge is -2.08. The number of H-pyrrole nitrogens is 1. The van der Waals surface area contributed by atoms with E-state index in [0.717, 1.165) is 19.0 Å². The smallest absolute Gasteiger partial charge is 0.0433 e. The van der Waals surface area contributed by atoms with Crippen molar-refractivity contribution in [2.24, 2.45) is 0 Å². The van der Waals surface area contributed by atoms with Gasteiger partial charge in [-0.3, -0.25) is 0 Å². The molecule has 0 atom stereocenters. The monoisotopic (exact) mass is 254 g/mol. The summed E-state index contributed by atoms with van der Waals surface area (Å²) in [6, 6.07) is 0. The number of halogens is 1. The van der Waals surface area contributed by atoms with Gasteiger partial charge < -0.3 is 10.3 Å². The van der Waals surface area contributed by atoms with Gasteiger partial charge >= 0.3 is 0 Å². The first kappa shape index (κ1) is 8.98. The second kappa shape index (κ2) is 3.38. The molecule has 1 fully saturated rings. The SMILES string of the molecule is Brc1c(C2CCCC2)[nH]c2c1CNC2. The van der Waals surface area contributed by atoms with Gasteiger partial charge in [-0.2, -0.15) is 0 Å². The van der Waals surface area contributed by atoms with Gasteiger partial charge in [0.2, 0.25) is 0 Å². The van der Waals surface area contributed by atoms with E-state index in [1.54, 1.807) is 0 Å². The topological polar surface area (TPSA) is 27.8 Å². The predicted molar refractivity (Wildman–Crippen MR) is 60.2 cm³/mol. The van der Waals surface area contributed by atoms with Crippen LogP contribution in [0.4, 0.5) is 0 Å². The molecule has 76 valence electrons. The molecule has 0 aromatic carbocycles. The van der Waals surface area contributed by atoms with Crippen LogP contribution in [0.5, 0.6) is 0 Å². The Morgan fingerprint density at radius 2 is 1.93 bits per heavy atom. The van der Waals surface area contributed by atoms with Crippen LogP contribution < -0.4 is 5.32 Å². The Kier molecular flexibility index (Phi) is 2.17. The summed E-state index contributed by atoms with van der Waals surface area (Å²) in [5.74, 6) is 0.787. The van der Waals surface area contributed by atoms with Crippen LogP contribution in [0.15, 0.2) is 4.47 Å². The van der Waals surface area contributed by atoms with Crippen molar-refractivity contribution >= 4 is 15.9 Å². The standard InChI is InChI=1S/C11H15BrN2/c12-10-8-5-13-6-9(8)14-11(10)7-3-1-2-4-7/h7,13-14H,1-6H2. The van der Waals surface area contributed by atoms with Gasteiger partial charge in [0.15, 0.2) is 0 Å². The van der Waals surface area contributed by atoms with E-state index in [0.29, 0.717) is 0 Å². The van der Waals surface area contributed by atoms with Gasteiger partial charge in [-0.15, -0.1) is 0 Å². The lowest BCUT2D eigenvalue weighted by Crippen LogP contribution is -2.04. The van der Waals surface area contributed by atoms with Gasteiger partial charge in [-0.05, 0) is 28.8 Å². The minimum atomic E-state index is 0.787. The normalized spacial score (nSPS) is 21.8. The lowest BCUT2D eigenvalue weighted by atomic mass is 10.0. The minimum absolute atomic E-state index is 0.787. The average molecular weight is 255 g/mol. The molecule has 0 bridgehead atoms. The maximum atomic E-state index is 3.74. The highest BCUT2D eigenvalue weighted by molar-refractivity contribution is 9.10. The zero-order valence-corrected chi connectivity index (χ0v) is 9.78. The number of fused-ring (bicyclic) bond motifs is 1. The number of aromatic amines is 1. The van der Waals surface area contributed by atoms with Gasteiger partial charge in [0.05, 0.1) is 0 Å². The van der Waals surface area contributed by atoms with Crippen LogP contribution in [0.1, 0.15) is 48.6 Å². The molecule has 2 nitrogen and oxygen atoms in total. The van der Waals surface area contributed by atoms with Crippen LogP contribution in [-0.4, -0.2) is 4.98 Å². The summed E-state index contributed by atoms with van der Waals surface area (Å²) in [5, 5.41) is 3.37. The van der Waals surface area contributed by atoms with E-state index in [1.165, 1.54) is 47.1 Å². The molecule has 1 aromatic rings. The van der Waals surface area contributed by atoms with E-state index >= 15 is 0 Å². The third-order valence-corrected chi connectivity index (χ3v) is 4.42. The lowest BCUT2D eigenvalue weighted by molar-refractivity contribution is 0.682. The molecule has 2 heterocycles. The molecule has 1 aromatic heterocycles. The summed E-state index contributed by atoms with van der Waals surface area (Å²) in [5.41, 5.74) is 4.33. The fourth-order valence-corrected chi connectivity index (χ4v) is 3.53. The number of hydrogen-bond acceptors (Lipinski definition) is 1. The zero-order valence-electron chi connectivity index (χ0n) is 8.20. The number of hydrogen-bond donors (Lipinski definition) is 2. The summed E-state index contributed by atoms with van der Waals surface area (Å²) in [6.07, 6.45) is 5.54. The third-order valence-electron chi connectivity index (χ3n) is 3.52. The third kappa shape index (κ3) is 1.26. The van der Waals surface area contributed by atoms with Gasteiger partial charge in [-0.25, -0.2) is 0 Å². The number of aromatic nitrogens is 1. The van der Waals surface area contributed by atoms with Crippen LogP contribution in [0.3, 0.4) is 0 Å². The molecule has 3 rings (SSSR count). The van der Waals surface area contributed by atoms with Crippen LogP contribution in [0, 0.1) is 0 Å². The molecule has 1 saturated carbocycles. The van der Waals surface area contributed by atoms with Crippen molar-refractivity contribution in [2.75, 3.05) is 0 Å². The van der Waals surface area contributed by atoms with Crippen LogP contribution >= 0.6 is 15.9 Å². The Balaban J connectivity index is 1.98. The van der Waals surface area contributed by atoms with E-state index < -0.39 is 0 Å². The van der Waals surface area contributed by atoms with Crippen molar-refractivity contribution in [3.63, 3.8) is 0 Å². The Labute approximate surface area is 92.6 Å². The fourth-order valence-electron chi connectivity index (χ4n) is 2.73. The van der Waals surface area contributed by atoms with Gasteiger partial charge in [0, 0.05) is 40.4 Å². The molecule has 0 radical (unpaired) electrons. The highest BCUT2D eigenvalue weighted by Gasteiger charge is 2.26. The molecular formula is C11H15BrN2. The second-order valence-corrected chi connectivity index (χ2v) is 5.19. The fraction of sp³-hybridized carbons (Fsp3) is 0.636. The zero-order chi connectivity index (χ0) is 9.54. The van der Waals surface area contributed by atoms with E-state index in [4.69, 9.17) is 0 Å². The molecule has 2 N–H and O–H groups in total. The molecule has 14 heavy (non-hydrogen) atoms. The number of rotatable bonds is 1. The van der Waals surface area contributed by atoms with Crippen molar-refractivity contribution < 1.29 is 0 Å². The molecule has 3 heteroatoms. The summed E-state index contributed by atoms with van der Waals surface area (Å²) in [4.78, 5) is 3.59. The first-order valence-electron chi connectivity index (χ1n) is 5.46. The Morgan fingerprint density at radius 1 is 1.14 bits per heavy atom. The van der Waals surface area contributed by atoms with Crippen LogP contribution in [0.2, 0.25) is 0 Å². The maximum Gasteiger partial charge on any atom is 0.0433 e. The van der Waals surface area contributed by atoms with Gasteiger partial charge in [-0.1, -0.05) is 12.8 Å². The van der Waals surface area contributed by atoms with Gasteiger partial charge in [0.1, 0.15) is 0 Å².